The number of nitrogens with zero attached hydrogens (tertiary/aromatic N) is 4. The van der Waals surface area contributed by atoms with Gasteiger partial charge in [0.15, 0.2) is 0 Å². The third-order valence-electron chi connectivity index (χ3n) is 3.49. The molecule has 0 spiro atoms. The normalized spacial score (nSPS) is 19.3. The van der Waals surface area contributed by atoms with Gasteiger partial charge in [0.25, 0.3) is 0 Å². The van der Waals surface area contributed by atoms with Gasteiger partial charge >= 0.3 is 0 Å². The van der Waals surface area contributed by atoms with Gasteiger partial charge in [-0.15, -0.1) is 5.10 Å². The Morgan fingerprint density at radius 2 is 2.30 bits per heavy atom. The number of hydrogen-bond acceptors (Lipinski definition) is 4. The van der Waals surface area contributed by atoms with E-state index in [-0.39, 0.29) is 24.3 Å². The molecule has 1 atom stereocenters. The number of carbonyl (C=O) groups excluding carboxylic acids is 2. The quantitative estimate of drug-likeness (QED) is 0.823. The van der Waals surface area contributed by atoms with E-state index in [1.165, 1.54) is 0 Å². The molecule has 2 amide bonds. The van der Waals surface area contributed by atoms with Crippen molar-refractivity contribution in [1.29, 1.82) is 0 Å². The lowest BCUT2D eigenvalue weighted by Crippen LogP contribution is -2.57. The molecule has 0 radical (unpaired) electrons. The van der Waals surface area contributed by atoms with E-state index in [0.29, 0.717) is 25.4 Å². The average molecular weight is 279 g/mol. The van der Waals surface area contributed by atoms with Crippen molar-refractivity contribution in [3.05, 3.63) is 11.9 Å². The largest absolute Gasteiger partial charge is 0.353 e. The van der Waals surface area contributed by atoms with Crippen molar-refractivity contribution in [1.82, 2.24) is 25.2 Å². The summed E-state index contributed by atoms with van der Waals surface area (Å²) < 4.78 is 1.58. The highest BCUT2D eigenvalue weighted by molar-refractivity contribution is 5.89. The van der Waals surface area contributed by atoms with E-state index in [2.05, 4.69) is 29.5 Å². The van der Waals surface area contributed by atoms with E-state index in [1.54, 1.807) is 22.8 Å². The monoisotopic (exact) mass is 279 g/mol. The van der Waals surface area contributed by atoms with Gasteiger partial charge in [0.1, 0.15) is 6.04 Å². The second kappa shape index (κ2) is 6.02. The van der Waals surface area contributed by atoms with Crippen molar-refractivity contribution in [2.75, 3.05) is 13.1 Å². The fourth-order valence-corrected chi connectivity index (χ4v) is 2.42. The Labute approximate surface area is 118 Å². The Morgan fingerprint density at radius 1 is 1.55 bits per heavy atom. The predicted molar refractivity (Wildman–Crippen MR) is 72.7 cm³/mol. The summed E-state index contributed by atoms with van der Waals surface area (Å²) in [5.41, 5.74) is 0.754. The minimum absolute atomic E-state index is 0.0455. The zero-order valence-corrected chi connectivity index (χ0v) is 12.2. The molecule has 1 saturated heterocycles. The maximum Gasteiger partial charge on any atom is 0.242 e. The van der Waals surface area contributed by atoms with Gasteiger partial charge in [0, 0.05) is 20.1 Å². The standard InChI is InChI=1S/C13H21N5O2/c1-9(2)6-11-13(20)14-4-5-18(11)12(19)7-10-8-15-16-17(10)3/h8-9,11H,4-7H2,1-3H3,(H,14,20)/t11-/m0/s1. The molecular weight excluding hydrogens is 258 g/mol. The fourth-order valence-electron chi connectivity index (χ4n) is 2.42. The minimum atomic E-state index is -0.363. The molecule has 1 aromatic heterocycles. The van der Waals surface area contributed by atoms with Crippen LogP contribution in [0.3, 0.4) is 0 Å². The van der Waals surface area contributed by atoms with Crippen LogP contribution in [0.25, 0.3) is 0 Å². The summed E-state index contributed by atoms with van der Waals surface area (Å²) >= 11 is 0. The van der Waals surface area contributed by atoms with Gasteiger partial charge in [0.05, 0.1) is 18.3 Å². The Morgan fingerprint density at radius 3 is 2.90 bits per heavy atom. The van der Waals surface area contributed by atoms with Crippen LogP contribution in [0.15, 0.2) is 6.20 Å². The fraction of sp³-hybridized carbons (Fsp3) is 0.692. The van der Waals surface area contributed by atoms with E-state index >= 15 is 0 Å². The molecular formula is C13H21N5O2. The van der Waals surface area contributed by atoms with Crippen molar-refractivity contribution in [2.45, 2.75) is 32.7 Å². The average Bonchev–Trinajstić information content (AvgIpc) is 2.77. The molecule has 0 aromatic carbocycles. The molecule has 1 aliphatic rings. The molecule has 1 aromatic rings. The maximum absolute atomic E-state index is 12.4. The first-order valence-electron chi connectivity index (χ1n) is 6.89. The molecule has 1 N–H and O–H groups in total. The third-order valence-corrected chi connectivity index (χ3v) is 3.49. The number of hydrogen-bond donors (Lipinski definition) is 1. The van der Waals surface area contributed by atoms with Crippen molar-refractivity contribution < 1.29 is 9.59 Å². The summed E-state index contributed by atoms with van der Waals surface area (Å²) in [5, 5.41) is 10.4. The number of aromatic nitrogens is 3. The number of amides is 2. The summed E-state index contributed by atoms with van der Waals surface area (Å²) in [6.45, 7) is 5.18. The summed E-state index contributed by atoms with van der Waals surface area (Å²) in [7, 11) is 1.75. The first-order chi connectivity index (χ1) is 9.49. The molecule has 2 heterocycles. The lowest BCUT2D eigenvalue weighted by Gasteiger charge is -2.36. The van der Waals surface area contributed by atoms with Gasteiger partial charge in [-0.2, -0.15) is 0 Å². The summed E-state index contributed by atoms with van der Waals surface area (Å²) in [4.78, 5) is 26.1. The summed E-state index contributed by atoms with van der Waals surface area (Å²) in [5.74, 6) is 0.259. The second-order valence-electron chi connectivity index (χ2n) is 5.55. The van der Waals surface area contributed by atoms with Crippen LogP contribution in [0.5, 0.6) is 0 Å². The van der Waals surface area contributed by atoms with Crippen LogP contribution in [-0.4, -0.2) is 50.8 Å². The van der Waals surface area contributed by atoms with E-state index in [1.807, 2.05) is 0 Å². The Hall–Kier alpha value is -1.92. The molecule has 1 aliphatic heterocycles. The predicted octanol–water partition coefficient (Wildman–Crippen LogP) is -0.269. The van der Waals surface area contributed by atoms with Gasteiger partial charge < -0.3 is 10.2 Å². The van der Waals surface area contributed by atoms with Gasteiger partial charge in [-0.25, -0.2) is 0 Å². The van der Waals surface area contributed by atoms with E-state index in [9.17, 15) is 9.59 Å². The second-order valence-corrected chi connectivity index (χ2v) is 5.55. The van der Waals surface area contributed by atoms with Crippen molar-refractivity contribution in [3.8, 4) is 0 Å². The minimum Gasteiger partial charge on any atom is -0.353 e. The number of carbonyl (C=O) groups is 2. The highest BCUT2D eigenvalue weighted by Crippen LogP contribution is 2.16. The van der Waals surface area contributed by atoms with Gasteiger partial charge in [0.2, 0.25) is 11.8 Å². The van der Waals surface area contributed by atoms with Crippen LogP contribution in [0.1, 0.15) is 26.0 Å². The van der Waals surface area contributed by atoms with Gasteiger partial charge in [-0.3, -0.25) is 14.3 Å². The van der Waals surface area contributed by atoms with Gasteiger partial charge in [-0.1, -0.05) is 19.1 Å². The maximum atomic E-state index is 12.4. The molecule has 110 valence electrons. The van der Waals surface area contributed by atoms with Crippen LogP contribution < -0.4 is 5.32 Å². The molecule has 2 rings (SSSR count). The molecule has 0 saturated carbocycles. The van der Waals surface area contributed by atoms with Crippen LogP contribution in [0.4, 0.5) is 0 Å². The molecule has 0 bridgehead atoms. The zero-order valence-electron chi connectivity index (χ0n) is 12.2. The van der Waals surface area contributed by atoms with Crippen LogP contribution in [0.2, 0.25) is 0 Å². The van der Waals surface area contributed by atoms with Crippen molar-refractivity contribution in [3.63, 3.8) is 0 Å². The molecule has 7 nitrogen and oxygen atoms in total. The molecule has 7 heteroatoms. The number of aryl methyl sites for hydroxylation is 1. The van der Waals surface area contributed by atoms with Gasteiger partial charge in [-0.05, 0) is 12.3 Å². The molecule has 0 aliphatic carbocycles. The number of rotatable bonds is 4. The molecule has 0 unspecified atom stereocenters. The van der Waals surface area contributed by atoms with E-state index in [4.69, 9.17) is 0 Å². The van der Waals surface area contributed by atoms with E-state index in [0.717, 1.165) is 5.69 Å². The van der Waals surface area contributed by atoms with Crippen LogP contribution in [0, 0.1) is 5.92 Å². The Balaban J connectivity index is 2.09. The van der Waals surface area contributed by atoms with E-state index < -0.39 is 0 Å². The third kappa shape index (κ3) is 3.15. The number of nitrogens with one attached hydrogen (secondary N) is 1. The first-order valence-corrected chi connectivity index (χ1v) is 6.89. The molecule has 1 fully saturated rings. The Kier molecular flexibility index (Phi) is 4.36. The first kappa shape index (κ1) is 14.5. The summed E-state index contributed by atoms with van der Waals surface area (Å²) in [6, 6.07) is -0.363. The van der Waals surface area contributed by atoms with Crippen molar-refractivity contribution >= 4 is 11.8 Å². The highest BCUT2D eigenvalue weighted by atomic mass is 16.2. The lowest BCUT2D eigenvalue weighted by atomic mass is 9.99. The highest BCUT2D eigenvalue weighted by Gasteiger charge is 2.33. The van der Waals surface area contributed by atoms with Crippen molar-refractivity contribution in [2.24, 2.45) is 13.0 Å². The zero-order chi connectivity index (χ0) is 14.7. The topological polar surface area (TPSA) is 80.1 Å². The lowest BCUT2D eigenvalue weighted by molar-refractivity contribution is -0.143. The molecule has 20 heavy (non-hydrogen) atoms. The smallest absolute Gasteiger partial charge is 0.242 e. The number of piperazine rings is 1. The summed E-state index contributed by atoms with van der Waals surface area (Å²) in [6.07, 6.45) is 2.49. The van der Waals surface area contributed by atoms with Crippen LogP contribution in [-0.2, 0) is 23.1 Å². The Bertz CT molecular complexity index is 497. The van der Waals surface area contributed by atoms with Crippen LogP contribution >= 0.6 is 0 Å². The SMILES string of the molecule is CC(C)C[C@H]1C(=O)NCCN1C(=O)Cc1cnnn1C.